The Kier molecular flexibility index (Phi) is 8.29. The molecule has 13 rings (SSSR count). The molecule has 298 valence electrons. The zero-order valence-corrected chi connectivity index (χ0v) is 34.9. The molecule has 4 heterocycles. The van der Waals surface area contributed by atoms with Gasteiger partial charge in [-0.15, -0.1) is 11.3 Å². The van der Waals surface area contributed by atoms with Crippen molar-refractivity contribution in [2.24, 2.45) is 0 Å². The molecule has 0 unspecified atom stereocenters. The molecule has 0 N–H and O–H groups in total. The number of fused-ring (bicyclic) bond motifs is 8. The van der Waals surface area contributed by atoms with Crippen LogP contribution in [0.5, 0.6) is 0 Å². The van der Waals surface area contributed by atoms with Gasteiger partial charge in [0.05, 0.1) is 16.8 Å². The molecular weight excluding hydrogens is 803 g/mol. The number of aromatic nitrogens is 5. The second-order valence-corrected chi connectivity index (χ2v) is 17.0. The highest BCUT2D eigenvalue weighted by molar-refractivity contribution is 7.26. The predicted molar refractivity (Wildman–Crippen MR) is 263 cm³/mol. The molecule has 0 amide bonds. The van der Waals surface area contributed by atoms with Gasteiger partial charge in [0.25, 0.3) is 0 Å². The number of benzene rings is 9. The van der Waals surface area contributed by atoms with Crippen molar-refractivity contribution in [3.05, 3.63) is 200 Å². The molecule has 0 atom stereocenters. The highest BCUT2D eigenvalue weighted by Crippen LogP contribution is 2.46. The average Bonchev–Trinajstić information content (AvgIpc) is 3.95. The summed E-state index contributed by atoms with van der Waals surface area (Å²) in [7, 11) is 0. The molecule has 0 bridgehead atoms. The normalized spacial score (nSPS) is 11.8. The van der Waals surface area contributed by atoms with E-state index in [-0.39, 0.29) is 0 Å². The maximum atomic E-state index is 6.88. The summed E-state index contributed by atoms with van der Waals surface area (Å²) in [6.45, 7) is 0. The van der Waals surface area contributed by atoms with Crippen LogP contribution in [-0.2, 0) is 0 Å². The standard InChI is InChI=1S/C57H33N5OS/c1-2-15-35(16-3-1)55-60-56(62-57(61-55)47-27-12-25-45-51-41(23-13-29-50(51)64-54(45)47)39-22-10-17-34-14-4-5-18-37(34)39)46-26-11-24-43-40-31-30-36(32-49(40)63-53(43)46)38-19-6-7-20-42(38)52-44-21-8-9-28-48(44)58-33-59-52/h1-33H. The summed E-state index contributed by atoms with van der Waals surface area (Å²) in [6, 6.07) is 67.6. The van der Waals surface area contributed by atoms with Crippen LogP contribution in [-0.4, -0.2) is 24.9 Å². The van der Waals surface area contributed by atoms with Crippen molar-refractivity contribution in [3.8, 4) is 67.7 Å². The van der Waals surface area contributed by atoms with E-state index in [0.717, 1.165) is 76.6 Å². The fraction of sp³-hybridized carbons (Fsp3) is 0. The van der Waals surface area contributed by atoms with Crippen LogP contribution in [0.1, 0.15) is 0 Å². The molecule has 0 saturated carbocycles. The van der Waals surface area contributed by atoms with Gasteiger partial charge in [-0.1, -0.05) is 158 Å². The smallest absolute Gasteiger partial charge is 0.167 e. The van der Waals surface area contributed by atoms with E-state index in [4.69, 9.17) is 24.4 Å². The number of thiophene rings is 1. The van der Waals surface area contributed by atoms with Gasteiger partial charge in [-0.25, -0.2) is 24.9 Å². The van der Waals surface area contributed by atoms with Crippen molar-refractivity contribution in [1.29, 1.82) is 0 Å². The average molecular weight is 836 g/mol. The lowest BCUT2D eigenvalue weighted by Crippen LogP contribution is -2.00. The van der Waals surface area contributed by atoms with Crippen molar-refractivity contribution in [2.45, 2.75) is 0 Å². The number of nitrogens with zero attached hydrogens (tertiary/aromatic N) is 5. The molecule has 6 nitrogen and oxygen atoms in total. The molecule has 0 spiro atoms. The van der Waals surface area contributed by atoms with Crippen molar-refractivity contribution in [1.82, 2.24) is 24.9 Å². The number of hydrogen-bond donors (Lipinski definition) is 0. The van der Waals surface area contributed by atoms with Gasteiger partial charge in [0.15, 0.2) is 17.5 Å². The van der Waals surface area contributed by atoms with Gasteiger partial charge in [-0.2, -0.15) is 0 Å². The quantitative estimate of drug-likeness (QED) is 0.166. The van der Waals surface area contributed by atoms with E-state index in [0.29, 0.717) is 17.5 Å². The number of furan rings is 1. The van der Waals surface area contributed by atoms with Gasteiger partial charge in [0, 0.05) is 53.0 Å². The van der Waals surface area contributed by atoms with Crippen LogP contribution in [0.15, 0.2) is 205 Å². The first kappa shape index (κ1) is 36.3. The Morgan fingerprint density at radius 3 is 1.94 bits per heavy atom. The monoisotopic (exact) mass is 835 g/mol. The summed E-state index contributed by atoms with van der Waals surface area (Å²) in [5.74, 6) is 1.75. The minimum atomic E-state index is 0.546. The predicted octanol–water partition coefficient (Wildman–Crippen LogP) is 15.2. The SMILES string of the molecule is c1ccc(-c2nc(-c3cccc4c3oc3cc(-c5ccccc5-c5ncnc6ccccc56)ccc34)nc(-c3cccc4c3sc3cccc(-c5cccc6ccccc56)c34)n2)cc1. The molecule has 0 aliphatic heterocycles. The molecule has 0 saturated heterocycles. The fourth-order valence-electron chi connectivity index (χ4n) is 9.34. The van der Waals surface area contributed by atoms with Gasteiger partial charge in [-0.3, -0.25) is 0 Å². The topological polar surface area (TPSA) is 77.6 Å². The van der Waals surface area contributed by atoms with E-state index < -0.39 is 0 Å². The van der Waals surface area contributed by atoms with Crippen molar-refractivity contribution >= 4 is 75.1 Å². The molecular formula is C57H33N5OS. The van der Waals surface area contributed by atoms with Crippen LogP contribution in [0.3, 0.4) is 0 Å². The summed E-state index contributed by atoms with van der Waals surface area (Å²) >= 11 is 1.78. The molecule has 13 aromatic rings. The molecule has 9 aromatic carbocycles. The van der Waals surface area contributed by atoms with Crippen LogP contribution in [0.2, 0.25) is 0 Å². The second-order valence-electron chi connectivity index (χ2n) is 15.9. The van der Waals surface area contributed by atoms with Crippen molar-refractivity contribution < 1.29 is 4.42 Å². The molecule has 4 aromatic heterocycles. The lowest BCUT2D eigenvalue weighted by molar-refractivity contribution is 0.669. The summed E-state index contributed by atoms with van der Waals surface area (Å²) in [5.41, 5.74) is 11.5. The fourth-order valence-corrected chi connectivity index (χ4v) is 10.6. The van der Waals surface area contributed by atoms with E-state index in [9.17, 15) is 0 Å². The Bertz CT molecular complexity index is 3980. The first-order valence-corrected chi connectivity index (χ1v) is 22.0. The third-order valence-corrected chi connectivity index (χ3v) is 13.5. The highest BCUT2D eigenvalue weighted by Gasteiger charge is 2.22. The van der Waals surface area contributed by atoms with Crippen LogP contribution in [0.4, 0.5) is 0 Å². The maximum absolute atomic E-state index is 6.88. The van der Waals surface area contributed by atoms with Gasteiger partial charge < -0.3 is 4.42 Å². The van der Waals surface area contributed by atoms with E-state index in [2.05, 4.69) is 145 Å². The molecule has 0 aliphatic carbocycles. The maximum Gasteiger partial charge on any atom is 0.167 e. The lowest BCUT2D eigenvalue weighted by Gasteiger charge is -2.11. The third kappa shape index (κ3) is 5.82. The van der Waals surface area contributed by atoms with Crippen molar-refractivity contribution in [3.63, 3.8) is 0 Å². The van der Waals surface area contributed by atoms with Crippen LogP contribution in [0.25, 0.3) is 131 Å². The Balaban J connectivity index is 0.979. The molecule has 7 heteroatoms. The van der Waals surface area contributed by atoms with E-state index in [1.807, 2.05) is 54.6 Å². The summed E-state index contributed by atoms with van der Waals surface area (Å²) in [4.78, 5) is 25.0. The van der Waals surface area contributed by atoms with Crippen molar-refractivity contribution in [2.75, 3.05) is 0 Å². The van der Waals surface area contributed by atoms with E-state index in [1.54, 1.807) is 17.7 Å². The summed E-state index contributed by atoms with van der Waals surface area (Å²) in [6.07, 6.45) is 1.64. The summed E-state index contributed by atoms with van der Waals surface area (Å²) in [5, 5.41) is 7.88. The number of rotatable bonds is 6. The van der Waals surface area contributed by atoms with Gasteiger partial charge in [0.1, 0.15) is 17.5 Å². The van der Waals surface area contributed by atoms with Crippen LogP contribution >= 0.6 is 11.3 Å². The molecule has 0 aliphatic rings. The van der Waals surface area contributed by atoms with Gasteiger partial charge in [0.2, 0.25) is 0 Å². The largest absolute Gasteiger partial charge is 0.455 e. The first-order chi connectivity index (χ1) is 31.7. The zero-order valence-electron chi connectivity index (χ0n) is 34.1. The summed E-state index contributed by atoms with van der Waals surface area (Å²) < 4.78 is 9.22. The Morgan fingerprint density at radius 2 is 1.03 bits per heavy atom. The Labute approximate surface area is 370 Å². The lowest BCUT2D eigenvalue weighted by atomic mass is 9.94. The minimum absolute atomic E-state index is 0.546. The minimum Gasteiger partial charge on any atom is -0.455 e. The van der Waals surface area contributed by atoms with Gasteiger partial charge in [-0.05, 0) is 69.4 Å². The second kappa shape index (κ2) is 14.6. The number of hydrogen-bond acceptors (Lipinski definition) is 7. The van der Waals surface area contributed by atoms with Crippen LogP contribution < -0.4 is 0 Å². The van der Waals surface area contributed by atoms with E-state index >= 15 is 0 Å². The number of para-hydroxylation sites is 2. The molecule has 0 fully saturated rings. The van der Waals surface area contributed by atoms with Crippen LogP contribution in [0, 0.1) is 0 Å². The molecule has 64 heavy (non-hydrogen) atoms. The zero-order chi connectivity index (χ0) is 42.1. The van der Waals surface area contributed by atoms with E-state index in [1.165, 1.54) is 37.4 Å². The Hall–Kier alpha value is -8.39. The molecule has 0 radical (unpaired) electrons. The Morgan fingerprint density at radius 1 is 0.391 bits per heavy atom. The highest BCUT2D eigenvalue weighted by atomic mass is 32.1. The third-order valence-electron chi connectivity index (χ3n) is 12.3. The first-order valence-electron chi connectivity index (χ1n) is 21.2. The van der Waals surface area contributed by atoms with Gasteiger partial charge >= 0.3 is 0 Å².